The predicted octanol–water partition coefficient (Wildman–Crippen LogP) is -11.9. The van der Waals surface area contributed by atoms with E-state index in [2.05, 4.69) is 0 Å². The van der Waals surface area contributed by atoms with E-state index in [0.29, 0.717) is 0 Å². The first-order valence-electron chi connectivity index (χ1n) is 17.6. The minimum Gasteiger partial charge on any atom is -0.394 e. The monoisotopic (exact) mass is 828 g/mol. The van der Waals surface area contributed by atoms with E-state index in [9.17, 15) is 86.8 Å². The summed E-state index contributed by atoms with van der Waals surface area (Å²) in [5, 5.41) is 177. The molecular formula is C30H52O26. The van der Waals surface area contributed by atoms with E-state index in [1.54, 1.807) is 0 Å². The maximum absolute atomic E-state index is 11.4. The molecule has 5 aliphatic heterocycles. The van der Waals surface area contributed by atoms with Gasteiger partial charge in [-0.15, -0.1) is 0 Å². The molecule has 0 spiro atoms. The summed E-state index contributed by atoms with van der Waals surface area (Å²) in [6, 6.07) is 0. The maximum Gasteiger partial charge on any atom is 0.224 e. The highest BCUT2D eigenvalue weighted by molar-refractivity contribution is 5.00. The van der Waals surface area contributed by atoms with Crippen LogP contribution in [0.4, 0.5) is 0 Å². The Morgan fingerprint density at radius 1 is 0.357 bits per heavy atom. The highest BCUT2D eigenvalue weighted by Gasteiger charge is 2.60. The fraction of sp³-hybridized carbons (Fsp3) is 1.00. The molecule has 24 atom stereocenters. The minimum atomic E-state index is -2.53. The molecule has 17 N–H and O–H groups in total. The summed E-state index contributed by atoms with van der Waals surface area (Å²) in [5.74, 6) is -2.53. The van der Waals surface area contributed by atoms with Gasteiger partial charge in [0.05, 0.1) is 33.0 Å². The molecule has 26 nitrogen and oxygen atoms in total. The highest BCUT2D eigenvalue weighted by atomic mass is 16.8. The molecule has 0 saturated carbocycles. The van der Waals surface area contributed by atoms with Crippen LogP contribution < -0.4 is 0 Å². The third kappa shape index (κ3) is 8.73. The Balaban J connectivity index is 1.34. The molecular weight excluding hydrogens is 776 g/mol. The van der Waals surface area contributed by atoms with Gasteiger partial charge in [-0.1, -0.05) is 0 Å². The van der Waals surface area contributed by atoms with Gasteiger partial charge in [-0.3, -0.25) is 0 Å². The lowest BCUT2D eigenvalue weighted by molar-refractivity contribution is -0.406. The Morgan fingerprint density at radius 2 is 0.696 bits per heavy atom. The van der Waals surface area contributed by atoms with E-state index in [1.165, 1.54) is 0 Å². The van der Waals surface area contributed by atoms with Crippen molar-refractivity contribution in [3.8, 4) is 0 Å². The van der Waals surface area contributed by atoms with Gasteiger partial charge in [-0.2, -0.15) is 0 Å². The largest absolute Gasteiger partial charge is 0.394 e. The zero-order chi connectivity index (χ0) is 41.4. The second-order valence-electron chi connectivity index (χ2n) is 14.0. The molecule has 0 aliphatic carbocycles. The summed E-state index contributed by atoms with van der Waals surface area (Å²) in [4.78, 5) is 0. The lowest BCUT2D eigenvalue weighted by Gasteiger charge is -2.49. The van der Waals surface area contributed by atoms with Crippen molar-refractivity contribution in [2.24, 2.45) is 0 Å². The van der Waals surface area contributed by atoms with Crippen LogP contribution in [0.3, 0.4) is 0 Å². The second kappa shape index (κ2) is 19.1. The zero-order valence-electron chi connectivity index (χ0n) is 29.3. The smallest absolute Gasteiger partial charge is 0.224 e. The average Bonchev–Trinajstić information content (AvgIpc) is 3.43. The first-order valence-corrected chi connectivity index (χ1v) is 17.6. The highest BCUT2D eigenvalue weighted by Crippen LogP contribution is 2.38. The van der Waals surface area contributed by atoms with Crippen LogP contribution in [0, 0.1) is 0 Å². The molecule has 0 aromatic heterocycles. The summed E-state index contributed by atoms with van der Waals surface area (Å²) in [6.45, 7) is -5.78. The molecule has 5 fully saturated rings. The van der Waals surface area contributed by atoms with Crippen molar-refractivity contribution in [3.05, 3.63) is 0 Å². The minimum absolute atomic E-state index is 0.838. The van der Waals surface area contributed by atoms with Crippen LogP contribution in [-0.4, -0.2) is 273 Å². The molecule has 328 valence electrons. The van der Waals surface area contributed by atoms with Gasteiger partial charge in [0.1, 0.15) is 123 Å². The number of ether oxygens (including phenoxy) is 9. The van der Waals surface area contributed by atoms with E-state index < -0.39 is 187 Å². The van der Waals surface area contributed by atoms with Crippen molar-refractivity contribution in [1.82, 2.24) is 0 Å². The summed E-state index contributed by atoms with van der Waals surface area (Å²) in [5.41, 5.74) is 0. The van der Waals surface area contributed by atoms with Crippen LogP contribution in [0.1, 0.15) is 0 Å². The van der Waals surface area contributed by atoms with Crippen molar-refractivity contribution < 1.29 is 129 Å². The normalized spacial score (nSPS) is 53.0. The summed E-state index contributed by atoms with van der Waals surface area (Å²) >= 11 is 0. The van der Waals surface area contributed by atoms with Crippen LogP contribution >= 0.6 is 0 Å². The van der Waals surface area contributed by atoms with Crippen molar-refractivity contribution in [3.63, 3.8) is 0 Å². The van der Waals surface area contributed by atoms with Gasteiger partial charge in [0, 0.05) is 0 Å². The number of rotatable bonds is 14. The second-order valence-corrected chi connectivity index (χ2v) is 14.0. The van der Waals surface area contributed by atoms with Crippen LogP contribution in [0.2, 0.25) is 0 Å². The molecule has 0 amide bonds. The fourth-order valence-corrected chi connectivity index (χ4v) is 7.07. The summed E-state index contributed by atoms with van der Waals surface area (Å²) in [6.07, 6.45) is -43.7. The fourth-order valence-electron chi connectivity index (χ4n) is 7.07. The van der Waals surface area contributed by atoms with Crippen LogP contribution in [0.25, 0.3) is 0 Å². The molecule has 5 heterocycles. The molecule has 0 aromatic rings. The molecule has 56 heavy (non-hydrogen) atoms. The van der Waals surface area contributed by atoms with Gasteiger partial charge < -0.3 is 129 Å². The summed E-state index contributed by atoms with van der Waals surface area (Å²) < 4.78 is 49.4. The van der Waals surface area contributed by atoms with Crippen molar-refractivity contribution in [1.29, 1.82) is 0 Å². The number of aliphatic hydroxyl groups excluding tert-OH is 17. The molecule has 0 unspecified atom stereocenters. The van der Waals surface area contributed by atoms with Gasteiger partial charge in [0.25, 0.3) is 0 Å². The topological polar surface area (TPSA) is 427 Å². The summed E-state index contributed by atoms with van der Waals surface area (Å²) in [7, 11) is 0. The number of aliphatic hydroxyl groups is 17. The van der Waals surface area contributed by atoms with Crippen molar-refractivity contribution >= 4 is 0 Å². The first kappa shape index (κ1) is 46.0. The molecule has 0 radical (unpaired) electrons. The van der Waals surface area contributed by atoms with Crippen molar-refractivity contribution in [2.75, 3.05) is 39.6 Å². The van der Waals surface area contributed by atoms with E-state index in [1.807, 2.05) is 0 Å². The standard InChI is InChI=1S/C30H52O26/c31-1-7-12(37)17(42)18(43)26(48-7)52-22-13(38)8(2-32)49-27(19(22)44)53-23-14(39)9(3-33)50-28(20(23)45)54-24-15(40)10(4-34)51-29(21(24)46)56-30(6-36)25(47)16(41)11(5-35)55-30/h7-29,31-47H,1-6H2/t7-,8-,9-,10-,11-,12+,13-,14-,15-,16-,17+,18-,19-,20-,21-,22+,23+,24+,25+,26-,27-,28-,29-,30+/m1/s1. The molecule has 5 aliphatic rings. The number of hydrogen-bond donors (Lipinski definition) is 17. The van der Waals surface area contributed by atoms with E-state index in [0.717, 1.165) is 0 Å². The van der Waals surface area contributed by atoms with E-state index >= 15 is 0 Å². The average molecular weight is 829 g/mol. The Labute approximate surface area is 316 Å². The van der Waals surface area contributed by atoms with Gasteiger partial charge in [-0.25, -0.2) is 0 Å². The molecule has 5 saturated heterocycles. The molecule has 5 rings (SSSR count). The lowest BCUT2D eigenvalue weighted by atomic mass is 9.95. The van der Waals surface area contributed by atoms with Crippen molar-refractivity contribution in [2.45, 2.75) is 147 Å². The maximum atomic E-state index is 11.4. The zero-order valence-corrected chi connectivity index (χ0v) is 29.3. The third-order valence-electron chi connectivity index (χ3n) is 10.4. The molecule has 0 aromatic carbocycles. The molecule has 26 heteroatoms. The van der Waals surface area contributed by atoms with Gasteiger partial charge in [0.2, 0.25) is 5.79 Å². The van der Waals surface area contributed by atoms with E-state index in [4.69, 9.17) is 42.6 Å². The van der Waals surface area contributed by atoms with Gasteiger partial charge in [0.15, 0.2) is 25.2 Å². The Bertz CT molecular complexity index is 1220. The van der Waals surface area contributed by atoms with Crippen LogP contribution in [0.5, 0.6) is 0 Å². The van der Waals surface area contributed by atoms with E-state index in [-0.39, 0.29) is 0 Å². The quantitative estimate of drug-likeness (QED) is 0.0773. The number of hydrogen-bond acceptors (Lipinski definition) is 26. The third-order valence-corrected chi connectivity index (χ3v) is 10.4. The van der Waals surface area contributed by atoms with Crippen LogP contribution in [-0.2, 0) is 42.6 Å². The van der Waals surface area contributed by atoms with Gasteiger partial charge in [-0.05, 0) is 0 Å². The van der Waals surface area contributed by atoms with Gasteiger partial charge >= 0.3 is 0 Å². The SMILES string of the molecule is OC[C@H]1O[C@H](O[C@@H]2[C@@H](O)[C@@H](O[C@@H]3[C@@H](O)[C@@H](O[C@@H]4[C@@H](O)[C@@H](O[C@]5(CO)O[C@H](CO)[C@@H](O)[C@@H]5O)O[C@H](CO)[C@H]4O)O[C@H](CO)[C@H]3O)O[C@H](CO)[C@H]2O)[C@H](O)[C@@H](O)[C@H]1O. The lowest BCUT2D eigenvalue weighted by Crippen LogP contribution is -2.68. The Morgan fingerprint density at radius 3 is 1.05 bits per heavy atom. The Hall–Kier alpha value is -1.04. The van der Waals surface area contributed by atoms with Crippen LogP contribution in [0.15, 0.2) is 0 Å². The predicted molar refractivity (Wildman–Crippen MR) is 167 cm³/mol. The molecule has 0 bridgehead atoms. The Kier molecular flexibility index (Phi) is 15.7. The first-order chi connectivity index (χ1) is 26.5.